The van der Waals surface area contributed by atoms with Crippen molar-refractivity contribution in [1.82, 2.24) is 10.3 Å². The van der Waals surface area contributed by atoms with E-state index in [2.05, 4.69) is 10.3 Å². The molecule has 1 N–H and O–H groups in total. The topological polar surface area (TPSA) is 55.1 Å². The number of aromatic nitrogens is 1. The van der Waals surface area contributed by atoms with Crippen molar-refractivity contribution >= 4 is 29.0 Å². The molecule has 0 saturated heterocycles. The second-order valence-electron chi connectivity index (χ2n) is 4.50. The molecule has 0 atom stereocenters. The lowest BCUT2D eigenvalue weighted by atomic mass is 10.2. The Balaban J connectivity index is 1.66. The summed E-state index contributed by atoms with van der Waals surface area (Å²) in [4.78, 5) is 18.6. The van der Waals surface area contributed by atoms with E-state index in [0.717, 1.165) is 9.77 Å². The largest absolute Gasteiger partial charge is 0.443 e. The summed E-state index contributed by atoms with van der Waals surface area (Å²) >= 11 is 3.12. The second-order valence-corrected chi connectivity index (χ2v) is 6.30. The molecule has 0 fully saturated rings. The van der Waals surface area contributed by atoms with Crippen LogP contribution in [0.1, 0.15) is 16.1 Å². The van der Waals surface area contributed by atoms with Crippen LogP contribution in [0.2, 0.25) is 0 Å². The maximum absolute atomic E-state index is 12.3. The molecule has 0 unspecified atom stereocenters. The van der Waals surface area contributed by atoms with Gasteiger partial charge in [-0.05, 0) is 29.8 Å². The summed E-state index contributed by atoms with van der Waals surface area (Å²) in [6.07, 6.45) is 3.53. The monoisotopic (exact) mass is 330 g/mol. The van der Waals surface area contributed by atoms with E-state index in [1.807, 2.05) is 48.0 Å². The average molecular weight is 330 g/mol. The third-order valence-electron chi connectivity index (χ3n) is 3.07. The molecule has 3 rings (SSSR count). The molecule has 2 aromatic heterocycles. The van der Waals surface area contributed by atoms with Gasteiger partial charge in [0, 0.05) is 4.90 Å². The van der Waals surface area contributed by atoms with Crippen molar-refractivity contribution in [2.45, 2.75) is 11.4 Å². The Morgan fingerprint density at radius 1 is 1.32 bits per heavy atom. The van der Waals surface area contributed by atoms with E-state index in [0.29, 0.717) is 23.7 Å². The normalized spacial score (nSPS) is 10.6. The molecule has 4 nitrogen and oxygen atoms in total. The van der Waals surface area contributed by atoms with Crippen molar-refractivity contribution in [2.24, 2.45) is 0 Å². The molecule has 6 heteroatoms. The number of carbonyl (C=O) groups excluding carboxylic acids is 1. The van der Waals surface area contributed by atoms with E-state index >= 15 is 0 Å². The minimum Gasteiger partial charge on any atom is -0.443 e. The van der Waals surface area contributed by atoms with E-state index < -0.39 is 0 Å². The van der Waals surface area contributed by atoms with Gasteiger partial charge in [0.05, 0.1) is 22.7 Å². The predicted molar refractivity (Wildman–Crippen MR) is 89.2 cm³/mol. The quantitative estimate of drug-likeness (QED) is 0.717. The lowest BCUT2D eigenvalue weighted by Gasteiger charge is -2.06. The van der Waals surface area contributed by atoms with Crippen LogP contribution < -0.4 is 5.32 Å². The van der Waals surface area contributed by atoms with Gasteiger partial charge in [0.1, 0.15) is 6.26 Å². The predicted octanol–water partition coefficient (Wildman–Crippen LogP) is 4.06. The highest BCUT2D eigenvalue weighted by Gasteiger charge is 2.12. The molecule has 112 valence electrons. The van der Waals surface area contributed by atoms with Crippen molar-refractivity contribution in [3.8, 4) is 10.8 Å². The molecule has 0 spiro atoms. The van der Waals surface area contributed by atoms with Gasteiger partial charge < -0.3 is 9.73 Å². The zero-order valence-corrected chi connectivity index (χ0v) is 13.5. The number of hydrogen-bond donors (Lipinski definition) is 1. The first-order valence-corrected chi connectivity index (χ1v) is 8.78. The van der Waals surface area contributed by atoms with Gasteiger partial charge in [-0.15, -0.1) is 23.1 Å². The summed E-state index contributed by atoms with van der Waals surface area (Å²) in [5.74, 6) is 0.481. The summed E-state index contributed by atoms with van der Waals surface area (Å²) in [5, 5.41) is 4.85. The number of oxazole rings is 1. The van der Waals surface area contributed by atoms with Crippen LogP contribution in [-0.2, 0) is 6.54 Å². The van der Waals surface area contributed by atoms with Crippen molar-refractivity contribution in [3.63, 3.8) is 0 Å². The number of benzene rings is 1. The van der Waals surface area contributed by atoms with Gasteiger partial charge in [-0.2, -0.15) is 0 Å². The van der Waals surface area contributed by atoms with Gasteiger partial charge in [-0.25, -0.2) is 4.98 Å². The Labute approximate surface area is 136 Å². The summed E-state index contributed by atoms with van der Waals surface area (Å²) in [6, 6.07) is 11.4. The van der Waals surface area contributed by atoms with Crippen LogP contribution in [0.4, 0.5) is 0 Å². The lowest BCUT2D eigenvalue weighted by Crippen LogP contribution is -2.23. The van der Waals surface area contributed by atoms with Crippen molar-refractivity contribution < 1.29 is 9.21 Å². The summed E-state index contributed by atoms with van der Waals surface area (Å²) in [7, 11) is 0. The first-order valence-electron chi connectivity index (χ1n) is 6.67. The van der Waals surface area contributed by atoms with Crippen LogP contribution in [0.25, 0.3) is 10.8 Å². The Morgan fingerprint density at radius 3 is 2.95 bits per heavy atom. The molecule has 0 aliphatic rings. The van der Waals surface area contributed by atoms with Gasteiger partial charge >= 0.3 is 0 Å². The fourth-order valence-corrected chi connectivity index (χ4v) is 3.25. The Kier molecular flexibility index (Phi) is 4.60. The number of thiophene rings is 1. The molecule has 0 saturated carbocycles. The van der Waals surface area contributed by atoms with E-state index in [1.165, 1.54) is 0 Å². The highest BCUT2D eigenvalue weighted by atomic mass is 32.2. The van der Waals surface area contributed by atoms with E-state index in [9.17, 15) is 4.79 Å². The Morgan fingerprint density at radius 2 is 2.18 bits per heavy atom. The van der Waals surface area contributed by atoms with Crippen LogP contribution in [0.3, 0.4) is 0 Å². The molecule has 0 aliphatic carbocycles. The molecule has 0 bridgehead atoms. The van der Waals surface area contributed by atoms with Gasteiger partial charge in [0.2, 0.25) is 5.89 Å². The third-order valence-corrected chi connectivity index (χ3v) is 4.72. The standard InChI is InChI=1S/C16H14N2O2S2/c1-21-13-6-3-2-5-12(13)15(19)17-9-11-10-20-16(18-11)14-7-4-8-22-14/h2-8,10H,9H2,1H3,(H,17,19). The minimum atomic E-state index is -0.106. The van der Waals surface area contributed by atoms with Gasteiger partial charge in [-0.3, -0.25) is 4.79 Å². The van der Waals surface area contributed by atoms with Crippen molar-refractivity contribution in [3.05, 3.63) is 59.3 Å². The zero-order chi connectivity index (χ0) is 15.4. The van der Waals surface area contributed by atoms with Crippen LogP contribution in [0.5, 0.6) is 0 Å². The molecule has 1 aromatic carbocycles. The molecular formula is C16H14N2O2S2. The highest BCUT2D eigenvalue weighted by Crippen LogP contribution is 2.24. The summed E-state index contributed by atoms with van der Waals surface area (Å²) in [5.41, 5.74) is 1.38. The third kappa shape index (κ3) is 3.23. The molecule has 1 amide bonds. The maximum Gasteiger partial charge on any atom is 0.252 e. The molecule has 3 aromatic rings. The first-order chi connectivity index (χ1) is 10.8. The van der Waals surface area contributed by atoms with Crippen molar-refractivity contribution in [1.29, 1.82) is 0 Å². The Hall–Kier alpha value is -2.05. The Bertz CT molecular complexity index is 766. The maximum atomic E-state index is 12.3. The number of rotatable bonds is 5. The van der Waals surface area contributed by atoms with E-state index in [1.54, 1.807) is 29.4 Å². The number of carbonyl (C=O) groups is 1. The molecule has 0 aliphatic heterocycles. The van der Waals surface area contributed by atoms with Gasteiger partial charge in [0.25, 0.3) is 5.91 Å². The summed E-state index contributed by atoms with van der Waals surface area (Å²) in [6.45, 7) is 0.344. The van der Waals surface area contributed by atoms with Crippen LogP contribution in [0, 0.1) is 0 Å². The van der Waals surface area contributed by atoms with E-state index in [-0.39, 0.29) is 5.91 Å². The number of nitrogens with one attached hydrogen (secondary N) is 1. The fourth-order valence-electron chi connectivity index (χ4n) is 2.00. The second kappa shape index (κ2) is 6.81. The van der Waals surface area contributed by atoms with Gasteiger partial charge in [0.15, 0.2) is 0 Å². The SMILES string of the molecule is CSc1ccccc1C(=O)NCc1coc(-c2cccs2)n1. The van der Waals surface area contributed by atoms with Crippen LogP contribution >= 0.6 is 23.1 Å². The highest BCUT2D eigenvalue weighted by molar-refractivity contribution is 7.98. The van der Waals surface area contributed by atoms with Crippen LogP contribution in [-0.4, -0.2) is 17.1 Å². The smallest absolute Gasteiger partial charge is 0.252 e. The van der Waals surface area contributed by atoms with Crippen LogP contribution in [0.15, 0.2) is 57.4 Å². The van der Waals surface area contributed by atoms with E-state index in [4.69, 9.17) is 4.42 Å². The average Bonchev–Trinajstić information content (AvgIpc) is 3.23. The van der Waals surface area contributed by atoms with Crippen molar-refractivity contribution in [2.75, 3.05) is 6.26 Å². The lowest BCUT2D eigenvalue weighted by molar-refractivity contribution is 0.0947. The first kappa shape index (κ1) is 14.9. The molecule has 0 radical (unpaired) electrons. The summed E-state index contributed by atoms with van der Waals surface area (Å²) < 4.78 is 5.44. The number of hydrogen-bond acceptors (Lipinski definition) is 5. The fraction of sp³-hybridized carbons (Fsp3) is 0.125. The molecular weight excluding hydrogens is 316 g/mol. The van der Waals surface area contributed by atoms with Gasteiger partial charge in [-0.1, -0.05) is 18.2 Å². The number of thioether (sulfide) groups is 1. The molecule has 22 heavy (non-hydrogen) atoms. The zero-order valence-electron chi connectivity index (χ0n) is 11.9. The molecule has 2 heterocycles. The minimum absolute atomic E-state index is 0.106. The number of amides is 1. The number of nitrogens with zero attached hydrogens (tertiary/aromatic N) is 1.